The Morgan fingerprint density at radius 2 is 2.33 bits per heavy atom. The molecule has 1 aromatic heterocycles. The Morgan fingerprint density at radius 3 is 3.05 bits per heavy atom. The molecule has 0 aliphatic carbocycles. The van der Waals surface area contributed by atoms with Crippen molar-refractivity contribution in [1.29, 1.82) is 0 Å². The molecular weight excluding hydrogens is 275 g/mol. The normalized spacial score (nSPS) is 22.8. The van der Waals surface area contributed by atoms with Gasteiger partial charge in [-0.1, -0.05) is 0 Å². The molecule has 0 unspecified atom stereocenters. The van der Waals surface area contributed by atoms with Crippen LogP contribution in [0.3, 0.4) is 0 Å². The summed E-state index contributed by atoms with van der Waals surface area (Å²) < 4.78 is 24.4. The topological polar surface area (TPSA) is 68.7 Å². The molecule has 1 aliphatic rings. The maximum atomic E-state index is 13.5. The lowest BCUT2D eigenvalue weighted by Crippen LogP contribution is -2.39. The minimum Gasteiger partial charge on any atom is -0.497 e. The van der Waals surface area contributed by atoms with Crippen molar-refractivity contribution in [2.45, 2.75) is 25.2 Å². The Hall–Kier alpha value is -2.08. The maximum Gasteiger partial charge on any atom is 0.234 e. The van der Waals surface area contributed by atoms with E-state index in [1.54, 1.807) is 12.0 Å². The molecule has 6 heteroatoms. The largest absolute Gasteiger partial charge is 0.497 e. The number of hydrogen-bond acceptors (Lipinski definition) is 4. The number of alkyl halides is 1. The first kappa shape index (κ1) is 13.9. The molecule has 21 heavy (non-hydrogen) atoms. The fourth-order valence-electron chi connectivity index (χ4n) is 2.80. The molecule has 1 fully saturated rings. The van der Waals surface area contributed by atoms with Gasteiger partial charge in [-0.2, -0.15) is 0 Å². The summed E-state index contributed by atoms with van der Waals surface area (Å²) in [6.45, 7) is 0.568. The van der Waals surface area contributed by atoms with Crippen LogP contribution in [0, 0.1) is 0 Å². The third-order valence-electron chi connectivity index (χ3n) is 3.81. The van der Waals surface area contributed by atoms with Gasteiger partial charge in [-0.15, -0.1) is 0 Å². The van der Waals surface area contributed by atoms with E-state index in [1.165, 1.54) is 0 Å². The summed E-state index contributed by atoms with van der Waals surface area (Å²) in [6, 6.07) is 6.82. The van der Waals surface area contributed by atoms with E-state index in [0.29, 0.717) is 12.3 Å². The average Bonchev–Trinajstić information content (AvgIpc) is 3.00. The van der Waals surface area contributed by atoms with Gasteiger partial charge < -0.3 is 14.9 Å². The smallest absolute Gasteiger partial charge is 0.234 e. The monoisotopic (exact) mass is 292 g/mol. The summed E-state index contributed by atoms with van der Waals surface area (Å²) >= 11 is 0. The van der Waals surface area contributed by atoms with Crippen molar-refractivity contribution in [2.75, 3.05) is 13.7 Å². The SMILES string of the molecule is COc1ccc2oc(CN3C[C@H](F)C[C@H]3C(N)=O)cc2c1. The maximum absolute atomic E-state index is 13.5. The molecule has 0 spiro atoms. The second kappa shape index (κ2) is 5.37. The minimum absolute atomic E-state index is 0.156. The van der Waals surface area contributed by atoms with E-state index in [-0.39, 0.29) is 13.0 Å². The van der Waals surface area contributed by atoms with Crippen LogP contribution in [0.1, 0.15) is 12.2 Å². The van der Waals surface area contributed by atoms with Crippen LogP contribution in [-0.4, -0.2) is 36.7 Å². The highest BCUT2D eigenvalue weighted by molar-refractivity contribution is 5.81. The number of halogens is 1. The zero-order chi connectivity index (χ0) is 15.0. The van der Waals surface area contributed by atoms with E-state index in [2.05, 4.69) is 0 Å². The molecule has 2 heterocycles. The minimum atomic E-state index is -1.02. The van der Waals surface area contributed by atoms with Crippen molar-refractivity contribution in [2.24, 2.45) is 5.73 Å². The first-order valence-electron chi connectivity index (χ1n) is 6.80. The first-order chi connectivity index (χ1) is 10.1. The number of hydrogen-bond donors (Lipinski definition) is 1. The predicted molar refractivity (Wildman–Crippen MR) is 75.7 cm³/mol. The molecule has 0 radical (unpaired) electrons. The number of carbonyl (C=O) groups excluding carboxylic acids is 1. The van der Waals surface area contributed by atoms with E-state index >= 15 is 0 Å². The second-order valence-electron chi connectivity index (χ2n) is 5.30. The third kappa shape index (κ3) is 2.71. The van der Waals surface area contributed by atoms with Crippen molar-refractivity contribution in [3.05, 3.63) is 30.0 Å². The van der Waals surface area contributed by atoms with Gasteiger partial charge in [0.15, 0.2) is 0 Å². The van der Waals surface area contributed by atoms with Crippen molar-refractivity contribution >= 4 is 16.9 Å². The number of furan rings is 1. The van der Waals surface area contributed by atoms with Gasteiger partial charge >= 0.3 is 0 Å². The number of fused-ring (bicyclic) bond motifs is 1. The highest BCUT2D eigenvalue weighted by Gasteiger charge is 2.36. The molecule has 0 saturated carbocycles. The van der Waals surface area contributed by atoms with Crippen molar-refractivity contribution in [3.63, 3.8) is 0 Å². The average molecular weight is 292 g/mol. The van der Waals surface area contributed by atoms with E-state index in [0.717, 1.165) is 16.7 Å². The molecule has 0 bridgehead atoms. The van der Waals surface area contributed by atoms with Gasteiger partial charge in [-0.3, -0.25) is 9.69 Å². The van der Waals surface area contributed by atoms with Crippen LogP contribution in [0.25, 0.3) is 11.0 Å². The fraction of sp³-hybridized carbons (Fsp3) is 0.400. The lowest BCUT2D eigenvalue weighted by atomic mass is 10.2. The van der Waals surface area contributed by atoms with Crippen LogP contribution in [0.15, 0.2) is 28.7 Å². The van der Waals surface area contributed by atoms with Gasteiger partial charge in [0.05, 0.1) is 19.7 Å². The number of rotatable bonds is 4. The Morgan fingerprint density at radius 1 is 1.52 bits per heavy atom. The van der Waals surface area contributed by atoms with Gasteiger partial charge in [0.25, 0.3) is 0 Å². The number of ether oxygens (including phenoxy) is 1. The fourth-order valence-corrected chi connectivity index (χ4v) is 2.80. The molecule has 1 saturated heterocycles. The van der Waals surface area contributed by atoms with Gasteiger partial charge in [0, 0.05) is 18.4 Å². The Bertz CT molecular complexity index is 670. The van der Waals surface area contributed by atoms with Crippen molar-refractivity contribution in [3.8, 4) is 5.75 Å². The summed E-state index contributed by atoms with van der Waals surface area (Å²) in [5, 5.41) is 0.913. The molecule has 112 valence electrons. The quantitative estimate of drug-likeness (QED) is 0.933. The number of amides is 1. The molecule has 2 atom stereocenters. The molecule has 1 aliphatic heterocycles. The Kier molecular flexibility index (Phi) is 3.55. The van der Waals surface area contributed by atoms with Gasteiger partial charge in [0.1, 0.15) is 23.3 Å². The zero-order valence-electron chi connectivity index (χ0n) is 11.7. The molecule has 5 nitrogen and oxygen atoms in total. The summed E-state index contributed by atoms with van der Waals surface area (Å²) in [7, 11) is 1.60. The van der Waals surface area contributed by atoms with Crippen LogP contribution >= 0.6 is 0 Å². The molecule has 2 N–H and O–H groups in total. The summed E-state index contributed by atoms with van der Waals surface area (Å²) in [5.74, 6) is 0.932. The highest BCUT2D eigenvalue weighted by Crippen LogP contribution is 2.27. The van der Waals surface area contributed by atoms with Gasteiger partial charge in [0.2, 0.25) is 5.91 Å². The zero-order valence-corrected chi connectivity index (χ0v) is 11.7. The second-order valence-corrected chi connectivity index (χ2v) is 5.30. The predicted octanol–water partition coefficient (Wildman–Crippen LogP) is 1.84. The van der Waals surface area contributed by atoms with Gasteiger partial charge in [-0.25, -0.2) is 4.39 Å². The highest BCUT2D eigenvalue weighted by atomic mass is 19.1. The summed E-state index contributed by atoms with van der Waals surface area (Å²) in [6.07, 6.45) is -0.865. The van der Waals surface area contributed by atoms with Crippen LogP contribution in [-0.2, 0) is 11.3 Å². The molecule has 2 aromatic rings. The number of primary amides is 1. The number of nitrogens with two attached hydrogens (primary N) is 1. The van der Waals surface area contributed by atoms with Crippen LogP contribution in [0.4, 0.5) is 4.39 Å². The molecule has 1 aromatic carbocycles. The lowest BCUT2D eigenvalue weighted by Gasteiger charge is -2.19. The number of likely N-dealkylation sites (tertiary alicyclic amines) is 1. The van der Waals surface area contributed by atoms with E-state index in [9.17, 15) is 9.18 Å². The van der Waals surface area contributed by atoms with E-state index < -0.39 is 18.1 Å². The van der Waals surface area contributed by atoms with Crippen LogP contribution in [0.2, 0.25) is 0 Å². The van der Waals surface area contributed by atoms with E-state index in [4.69, 9.17) is 14.9 Å². The molecular formula is C15H17FN2O3. The summed E-state index contributed by atoms with van der Waals surface area (Å²) in [4.78, 5) is 13.1. The number of methoxy groups -OCH3 is 1. The lowest BCUT2D eigenvalue weighted by molar-refractivity contribution is -0.122. The number of carbonyl (C=O) groups is 1. The molecule has 1 amide bonds. The number of benzene rings is 1. The molecule has 3 rings (SSSR count). The summed E-state index contributed by atoms with van der Waals surface area (Å²) in [5.41, 5.74) is 6.06. The third-order valence-corrected chi connectivity index (χ3v) is 3.81. The standard InChI is InChI=1S/C15H17FN2O3/c1-20-11-2-3-14-9(4-11)5-12(21-14)8-18-7-10(16)6-13(18)15(17)19/h2-5,10,13H,6-8H2,1H3,(H2,17,19)/t10-,13+/m1/s1. The van der Waals surface area contributed by atoms with Crippen molar-refractivity contribution in [1.82, 2.24) is 4.90 Å². The first-order valence-corrected chi connectivity index (χ1v) is 6.80. The van der Waals surface area contributed by atoms with Crippen molar-refractivity contribution < 1.29 is 18.3 Å². The Labute approximate surface area is 121 Å². The van der Waals surface area contributed by atoms with Gasteiger partial charge in [-0.05, 0) is 24.3 Å². The van der Waals surface area contributed by atoms with Crippen LogP contribution < -0.4 is 10.5 Å². The number of nitrogens with zero attached hydrogens (tertiary/aromatic N) is 1. The Balaban J connectivity index is 1.82. The van der Waals surface area contributed by atoms with Crippen LogP contribution in [0.5, 0.6) is 5.75 Å². The van der Waals surface area contributed by atoms with E-state index in [1.807, 2.05) is 24.3 Å².